The Labute approximate surface area is 96.2 Å². The van der Waals surface area contributed by atoms with E-state index in [2.05, 4.69) is 10.2 Å². The van der Waals surface area contributed by atoms with E-state index < -0.39 is 12.0 Å². The van der Waals surface area contributed by atoms with Crippen LogP contribution in [0.2, 0.25) is 5.02 Å². The minimum absolute atomic E-state index is 0.216. The predicted molar refractivity (Wildman–Crippen MR) is 60.4 cm³/mol. The highest BCUT2D eigenvalue weighted by Gasteiger charge is 2.15. The molecule has 0 aliphatic rings. The van der Waals surface area contributed by atoms with Gasteiger partial charge in [0, 0.05) is 22.5 Å². The van der Waals surface area contributed by atoms with Crippen LogP contribution >= 0.6 is 11.6 Å². The summed E-state index contributed by atoms with van der Waals surface area (Å²) in [6, 6.07) is 4.31. The number of nitrogens with zero attached hydrogens (tertiary/aromatic N) is 1. The van der Waals surface area contributed by atoms with E-state index in [1.54, 1.807) is 18.2 Å². The Bertz CT molecular complexity index is 538. The molecule has 0 amide bonds. The molecule has 1 aromatic carbocycles. The van der Waals surface area contributed by atoms with E-state index in [1.807, 2.05) is 0 Å². The first-order valence-corrected chi connectivity index (χ1v) is 5.06. The standard InChI is InChI=1S/C10H10ClN3O2/c11-5-1-2-6-8(3-5)13-14-9(6)4-7(12)10(15)16/h1-3,7H,4,12H2,(H,13,14)(H,15,16). The molecule has 0 aliphatic heterocycles. The van der Waals surface area contributed by atoms with Crippen LogP contribution in [0.15, 0.2) is 18.2 Å². The summed E-state index contributed by atoms with van der Waals surface area (Å²) in [5.41, 5.74) is 6.87. The molecule has 0 saturated carbocycles. The summed E-state index contributed by atoms with van der Waals surface area (Å²) in [6.45, 7) is 0. The van der Waals surface area contributed by atoms with Gasteiger partial charge in [0.15, 0.2) is 0 Å². The molecule has 1 atom stereocenters. The molecule has 4 N–H and O–H groups in total. The number of aliphatic carboxylic acids is 1. The molecule has 1 unspecified atom stereocenters. The van der Waals surface area contributed by atoms with Crippen molar-refractivity contribution < 1.29 is 9.90 Å². The summed E-state index contributed by atoms with van der Waals surface area (Å²) >= 11 is 5.81. The van der Waals surface area contributed by atoms with Crippen molar-refractivity contribution in [2.24, 2.45) is 5.73 Å². The maximum absolute atomic E-state index is 10.6. The van der Waals surface area contributed by atoms with Crippen LogP contribution in [0.1, 0.15) is 5.69 Å². The second-order valence-electron chi connectivity index (χ2n) is 3.51. The number of carboxylic acid groups (broad SMARTS) is 1. The van der Waals surface area contributed by atoms with Crippen molar-refractivity contribution in [2.45, 2.75) is 12.5 Å². The van der Waals surface area contributed by atoms with E-state index in [1.165, 1.54) is 0 Å². The Morgan fingerprint density at radius 3 is 3.06 bits per heavy atom. The number of H-pyrrole nitrogens is 1. The quantitative estimate of drug-likeness (QED) is 0.750. The van der Waals surface area contributed by atoms with Crippen LogP contribution in [-0.4, -0.2) is 27.3 Å². The van der Waals surface area contributed by atoms with Crippen LogP contribution in [0.5, 0.6) is 0 Å². The van der Waals surface area contributed by atoms with E-state index >= 15 is 0 Å². The third-order valence-electron chi connectivity index (χ3n) is 2.34. The average molecular weight is 240 g/mol. The molecule has 2 rings (SSSR count). The van der Waals surface area contributed by atoms with E-state index in [0.717, 1.165) is 5.39 Å². The first-order valence-electron chi connectivity index (χ1n) is 4.69. The van der Waals surface area contributed by atoms with Gasteiger partial charge < -0.3 is 10.8 Å². The smallest absolute Gasteiger partial charge is 0.320 e. The van der Waals surface area contributed by atoms with E-state index in [-0.39, 0.29) is 6.42 Å². The number of hydrogen-bond donors (Lipinski definition) is 3. The highest BCUT2D eigenvalue weighted by molar-refractivity contribution is 6.31. The lowest BCUT2D eigenvalue weighted by Crippen LogP contribution is -2.32. The Hall–Kier alpha value is -1.59. The molecule has 0 saturated heterocycles. The molecule has 0 spiro atoms. The molecule has 16 heavy (non-hydrogen) atoms. The summed E-state index contributed by atoms with van der Waals surface area (Å²) in [5, 5.41) is 17.0. The van der Waals surface area contributed by atoms with Gasteiger partial charge in [0.1, 0.15) is 6.04 Å². The minimum Gasteiger partial charge on any atom is -0.480 e. The van der Waals surface area contributed by atoms with Gasteiger partial charge in [-0.25, -0.2) is 0 Å². The summed E-state index contributed by atoms with van der Waals surface area (Å²) in [7, 11) is 0. The Kier molecular flexibility index (Phi) is 2.80. The van der Waals surface area contributed by atoms with Gasteiger partial charge >= 0.3 is 5.97 Å². The minimum atomic E-state index is -1.03. The largest absolute Gasteiger partial charge is 0.480 e. The number of hydrogen-bond acceptors (Lipinski definition) is 3. The normalized spacial score (nSPS) is 12.9. The fourth-order valence-electron chi connectivity index (χ4n) is 1.50. The maximum Gasteiger partial charge on any atom is 0.320 e. The summed E-state index contributed by atoms with van der Waals surface area (Å²) < 4.78 is 0. The summed E-state index contributed by atoms with van der Waals surface area (Å²) in [6.07, 6.45) is 0.216. The highest BCUT2D eigenvalue weighted by atomic mass is 35.5. The Balaban J connectivity index is 2.35. The lowest BCUT2D eigenvalue weighted by molar-refractivity contribution is -0.138. The molecule has 0 fully saturated rings. The van der Waals surface area contributed by atoms with Crippen molar-refractivity contribution in [1.29, 1.82) is 0 Å². The third kappa shape index (κ3) is 2.00. The zero-order valence-corrected chi connectivity index (χ0v) is 9.03. The van der Waals surface area contributed by atoms with Gasteiger partial charge in [0.25, 0.3) is 0 Å². The van der Waals surface area contributed by atoms with Gasteiger partial charge in [0.05, 0.1) is 5.52 Å². The predicted octanol–water partition coefficient (Wildman–Crippen LogP) is 1.17. The number of nitrogens with two attached hydrogens (primary N) is 1. The zero-order chi connectivity index (χ0) is 11.7. The van der Waals surface area contributed by atoms with Crippen LogP contribution in [0.3, 0.4) is 0 Å². The number of halogens is 1. The third-order valence-corrected chi connectivity index (χ3v) is 2.57. The van der Waals surface area contributed by atoms with Crippen LogP contribution in [0, 0.1) is 0 Å². The lowest BCUT2D eigenvalue weighted by atomic mass is 10.1. The number of benzene rings is 1. The molecular formula is C10H10ClN3O2. The highest BCUT2D eigenvalue weighted by Crippen LogP contribution is 2.20. The number of fused-ring (bicyclic) bond motifs is 1. The van der Waals surface area contributed by atoms with Gasteiger partial charge in [-0.1, -0.05) is 11.6 Å². The van der Waals surface area contributed by atoms with Crippen molar-refractivity contribution in [3.63, 3.8) is 0 Å². The molecule has 0 aliphatic carbocycles. The second kappa shape index (κ2) is 4.11. The van der Waals surface area contributed by atoms with Crippen LogP contribution in [0.25, 0.3) is 10.9 Å². The monoisotopic (exact) mass is 239 g/mol. The molecule has 0 bridgehead atoms. The van der Waals surface area contributed by atoms with Gasteiger partial charge in [-0.3, -0.25) is 9.89 Å². The van der Waals surface area contributed by atoms with E-state index in [9.17, 15) is 4.79 Å². The first kappa shape index (κ1) is 10.9. The fourth-order valence-corrected chi connectivity index (χ4v) is 1.67. The zero-order valence-electron chi connectivity index (χ0n) is 8.27. The maximum atomic E-state index is 10.6. The Morgan fingerprint density at radius 1 is 1.62 bits per heavy atom. The second-order valence-corrected chi connectivity index (χ2v) is 3.95. The van der Waals surface area contributed by atoms with Gasteiger partial charge in [0.2, 0.25) is 0 Å². The molecule has 0 radical (unpaired) electrons. The topological polar surface area (TPSA) is 92.0 Å². The number of rotatable bonds is 3. The van der Waals surface area contributed by atoms with Crippen molar-refractivity contribution in [1.82, 2.24) is 10.2 Å². The van der Waals surface area contributed by atoms with Gasteiger partial charge in [-0.05, 0) is 18.2 Å². The molecule has 5 nitrogen and oxygen atoms in total. The van der Waals surface area contributed by atoms with E-state index in [0.29, 0.717) is 16.2 Å². The average Bonchev–Trinajstić information content (AvgIpc) is 2.60. The van der Waals surface area contributed by atoms with Crippen molar-refractivity contribution >= 4 is 28.5 Å². The molecular weight excluding hydrogens is 230 g/mol. The number of aromatic nitrogens is 2. The SMILES string of the molecule is NC(Cc1[nH]nc2cc(Cl)ccc12)C(=O)O. The van der Waals surface area contributed by atoms with Crippen molar-refractivity contribution in [3.05, 3.63) is 28.9 Å². The van der Waals surface area contributed by atoms with Gasteiger partial charge in [-0.2, -0.15) is 5.10 Å². The number of carbonyl (C=O) groups is 1. The lowest BCUT2D eigenvalue weighted by Gasteiger charge is -2.03. The molecule has 2 aromatic rings. The van der Waals surface area contributed by atoms with Gasteiger partial charge in [-0.15, -0.1) is 0 Å². The number of carboxylic acids is 1. The molecule has 6 heteroatoms. The number of aromatic amines is 1. The van der Waals surface area contributed by atoms with Crippen molar-refractivity contribution in [3.8, 4) is 0 Å². The fraction of sp³-hybridized carbons (Fsp3) is 0.200. The van der Waals surface area contributed by atoms with Crippen LogP contribution < -0.4 is 5.73 Å². The van der Waals surface area contributed by atoms with Crippen LogP contribution in [-0.2, 0) is 11.2 Å². The summed E-state index contributed by atoms with van der Waals surface area (Å²) in [4.78, 5) is 10.6. The molecule has 84 valence electrons. The van der Waals surface area contributed by atoms with E-state index in [4.69, 9.17) is 22.4 Å². The molecule has 1 aromatic heterocycles. The van der Waals surface area contributed by atoms with Crippen molar-refractivity contribution in [2.75, 3.05) is 0 Å². The Morgan fingerprint density at radius 2 is 2.38 bits per heavy atom. The molecule has 1 heterocycles. The van der Waals surface area contributed by atoms with Crippen LogP contribution in [0.4, 0.5) is 0 Å². The first-order chi connectivity index (χ1) is 7.58. The number of nitrogens with one attached hydrogen (secondary N) is 1. The summed E-state index contributed by atoms with van der Waals surface area (Å²) in [5.74, 6) is -1.03.